The first-order valence-corrected chi connectivity index (χ1v) is 8.76. The van der Waals surface area contributed by atoms with Gasteiger partial charge in [0.15, 0.2) is 5.69 Å². The Kier molecular flexibility index (Phi) is 5.64. The Labute approximate surface area is 162 Å². The number of H-pyrrole nitrogens is 1. The fourth-order valence-corrected chi connectivity index (χ4v) is 3.01. The van der Waals surface area contributed by atoms with Crippen molar-refractivity contribution < 1.29 is 14.4 Å². The molecule has 28 heavy (non-hydrogen) atoms. The Balaban J connectivity index is 1.89. The molecule has 7 nitrogen and oxygen atoms in total. The largest absolute Gasteiger partial charge is 0.363 e. The van der Waals surface area contributed by atoms with E-state index in [0.29, 0.717) is 5.56 Å². The van der Waals surface area contributed by atoms with E-state index in [2.05, 4.69) is 15.5 Å². The van der Waals surface area contributed by atoms with E-state index in [1.807, 2.05) is 67.6 Å². The maximum absolute atomic E-state index is 12.9. The number of carbonyl (C=O) groups is 3. The minimum absolute atomic E-state index is 0.151. The van der Waals surface area contributed by atoms with Crippen LogP contribution in [0.3, 0.4) is 0 Å². The maximum atomic E-state index is 12.9. The van der Waals surface area contributed by atoms with Gasteiger partial charge in [0.25, 0.3) is 11.8 Å². The molecule has 1 atom stereocenters. The highest BCUT2D eigenvalue weighted by Gasteiger charge is 2.28. The van der Waals surface area contributed by atoms with Gasteiger partial charge in [-0.1, -0.05) is 60.7 Å². The predicted octanol–water partition coefficient (Wildman–Crippen LogP) is 1.78. The van der Waals surface area contributed by atoms with Crippen LogP contribution in [-0.4, -0.2) is 33.8 Å². The van der Waals surface area contributed by atoms with Crippen molar-refractivity contribution in [1.29, 1.82) is 0 Å². The van der Waals surface area contributed by atoms with Crippen molar-refractivity contribution in [2.75, 3.05) is 0 Å². The van der Waals surface area contributed by atoms with Gasteiger partial charge in [-0.25, -0.2) is 0 Å². The lowest BCUT2D eigenvalue weighted by Crippen LogP contribution is -2.47. The summed E-state index contributed by atoms with van der Waals surface area (Å²) in [6, 6.07) is 17.3. The molecule has 7 heteroatoms. The molecule has 0 saturated carbocycles. The van der Waals surface area contributed by atoms with Crippen LogP contribution >= 0.6 is 0 Å². The Morgan fingerprint density at radius 1 is 1.04 bits per heavy atom. The van der Waals surface area contributed by atoms with Crippen molar-refractivity contribution in [2.24, 2.45) is 5.73 Å². The van der Waals surface area contributed by atoms with Crippen molar-refractivity contribution in [3.63, 3.8) is 0 Å². The van der Waals surface area contributed by atoms with Gasteiger partial charge >= 0.3 is 0 Å². The number of aromatic nitrogens is 2. The smallest absolute Gasteiger partial charge is 0.287 e. The second kappa shape index (κ2) is 8.30. The van der Waals surface area contributed by atoms with Crippen LogP contribution in [0.5, 0.6) is 0 Å². The van der Waals surface area contributed by atoms with E-state index in [-0.39, 0.29) is 12.1 Å². The zero-order valence-corrected chi connectivity index (χ0v) is 15.3. The summed E-state index contributed by atoms with van der Waals surface area (Å²) in [5.41, 5.74) is 8.30. The van der Waals surface area contributed by atoms with Crippen LogP contribution in [0.4, 0.5) is 0 Å². The third-order valence-corrected chi connectivity index (χ3v) is 4.37. The van der Waals surface area contributed by atoms with Crippen LogP contribution in [0.25, 0.3) is 11.1 Å². The average Bonchev–Trinajstić information content (AvgIpc) is 3.09. The molecule has 0 spiro atoms. The van der Waals surface area contributed by atoms with Gasteiger partial charge in [-0.3, -0.25) is 19.5 Å². The first-order valence-electron chi connectivity index (χ1n) is 8.76. The molecule has 142 valence electrons. The number of hydrogen-bond acceptors (Lipinski definition) is 4. The van der Waals surface area contributed by atoms with E-state index in [1.165, 1.54) is 0 Å². The zero-order valence-electron chi connectivity index (χ0n) is 15.3. The van der Waals surface area contributed by atoms with Crippen LogP contribution < -0.4 is 11.1 Å². The molecule has 1 unspecified atom stereocenters. The number of nitrogens with zero attached hydrogens (tertiary/aromatic N) is 1. The number of rotatable bonds is 7. The quantitative estimate of drug-likeness (QED) is 0.545. The number of amides is 2. The molecule has 0 aliphatic heterocycles. The summed E-state index contributed by atoms with van der Waals surface area (Å²) in [5, 5.41) is 9.51. The fourth-order valence-electron chi connectivity index (χ4n) is 3.01. The summed E-state index contributed by atoms with van der Waals surface area (Å²) in [5.74, 6) is -2.51. The van der Waals surface area contributed by atoms with Crippen LogP contribution in [0.1, 0.15) is 21.7 Å². The van der Waals surface area contributed by atoms with Gasteiger partial charge in [-0.15, -0.1) is 0 Å². The molecule has 4 N–H and O–H groups in total. The minimum Gasteiger partial charge on any atom is -0.363 e. The summed E-state index contributed by atoms with van der Waals surface area (Å²) in [6.45, 7) is 1.81. The third-order valence-electron chi connectivity index (χ3n) is 4.37. The van der Waals surface area contributed by atoms with Crippen LogP contribution in [0.2, 0.25) is 0 Å². The number of ketones is 1. The number of nitrogens with two attached hydrogens (primary N) is 1. The normalized spacial score (nSPS) is 11.6. The Bertz CT molecular complexity index is 997. The van der Waals surface area contributed by atoms with Crippen molar-refractivity contribution in [1.82, 2.24) is 15.5 Å². The molecule has 0 bridgehead atoms. The van der Waals surface area contributed by atoms with E-state index >= 15 is 0 Å². The summed E-state index contributed by atoms with van der Waals surface area (Å²) in [6.07, 6.45) is 0.151. The number of primary amides is 1. The highest BCUT2D eigenvalue weighted by Crippen LogP contribution is 2.25. The molecule has 3 rings (SSSR count). The zero-order chi connectivity index (χ0) is 20.1. The number of aryl methyl sites for hydroxylation is 1. The molecule has 3 aromatic rings. The molecular weight excluding hydrogens is 356 g/mol. The lowest BCUT2D eigenvalue weighted by atomic mass is 10.0. The van der Waals surface area contributed by atoms with E-state index in [0.717, 1.165) is 16.8 Å². The monoisotopic (exact) mass is 376 g/mol. The van der Waals surface area contributed by atoms with Crippen molar-refractivity contribution in [2.45, 2.75) is 19.4 Å². The van der Waals surface area contributed by atoms with Gasteiger partial charge in [0.2, 0.25) is 5.78 Å². The molecular formula is C21H20N4O3. The number of hydrogen-bond donors (Lipinski definition) is 3. The van der Waals surface area contributed by atoms with Crippen molar-refractivity contribution >= 4 is 17.6 Å². The van der Waals surface area contributed by atoms with Gasteiger partial charge < -0.3 is 11.1 Å². The molecule has 2 aromatic carbocycles. The van der Waals surface area contributed by atoms with Crippen LogP contribution in [-0.2, 0) is 16.0 Å². The van der Waals surface area contributed by atoms with E-state index < -0.39 is 23.6 Å². The molecule has 0 radical (unpaired) electrons. The number of aromatic amines is 1. The van der Waals surface area contributed by atoms with Gasteiger partial charge in [0.05, 0.1) is 0 Å². The summed E-state index contributed by atoms with van der Waals surface area (Å²) in [4.78, 5) is 36.6. The first-order chi connectivity index (χ1) is 13.5. The third kappa shape index (κ3) is 4.15. The van der Waals surface area contributed by atoms with Gasteiger partial charge in [-0.2, -0.15) is 5.10 Å². The number of carbonyl (C=O) groups excluding carboxylic acids is 3. The van der Waals surface area contributed by atoms with Gasteiger partial charge in [-0.05, 0) is 18.1 Å². The predicted molar refractivity (Wildman–Crippen MR) is 104 cm³/mol. The number of nitrogens with one attached hydrogen (secondary N) is 2. The Morgan fingerprint density at radius 3 is 2.25 bits per heavy atom. The highest BCUT2D eigenvalue weighted by molar-refractivity contribution is 6.38. The summed E-state index contributed by atoms with van der Waals surface area (Å²) < 4.78 is 0. The second-order valence-electron chi connectivity index (χ2n) is 6.38. The molecule has 0 aliphatic carbocycles. The molecule has 0 fully saturated rings. The highest BCUT2D eigenvalue weighted by atomic mass is 16.2. The minimum atomic E-state index is -1.09. The molecule has 0 saturated heterocycles. The van der Waals surface area contributed by atoms with Crippen LogP contribution in [0, 0.1) is 6.92 Å². The first kappa shape index (κ1) is 19.0. The lowest BCUT2D eigenvalue weighted by molar-refractivity contribution is -0.137. The van der Waals surface area contributed by atoms with Crippen LogP contribution in [0.15, 0.2) is 60.7 Å². The van der Waals surface area contributed by atoms with Crippen molar-refractivity contribution in [3.8, 4) is 11.1 Å². The Morgan fingerprint density at radius 2 is 1.64 bits per heavy atom. The van der Waals surface area contributed by atoms with E-state index in [9.17, 15) is 14.4 Å². The second-order valence-corrected chi connectivity index (χ2v) is 6.38. The van der Waals surface area contributed by atoms with E-state index in [4.69, 9.17) is 5.73 Å². The SMILES string of the molecule is Cc1[nH]nc(C(=O)NC(Cc2ccccc2)C(=O)C(N)=O)c1-c1ccccc1. The van der Waals surface area contributed by atoms with E-state index in [1.54, 1.807) is 0 Å². The van der Waals surface area contributed by atoms with Gasteiger partial charge in [0, 0.05) is 17.7 Å². The Hall–Kier alpha value is -3.74. The average molecular weight is 376 g/mol. The number of Topliss-reactive ketones (excluding diaryl/α,β-unsaturated/α-hetero) is 1. The summed E-state index contributed by atoms with van der Waals surface area (Å²) in [7, 11) is 0. The summed E-state index contributed by atoms with van der Waals surface area (Å²) >= 11 is 0. The standard InChI is InChI=1S/C21H20N4O3/c1-13-17(15-10-6-3-7-11-15)18(25-24-13)21(28)23-16(19(26)20(22)27)12-14-8-4-2-5-9-14/h2-11,16H,12H2,1H3,(H2,22,27)(H,23,28)(H,24,25). The van der Waals surface area contributed by atoms with Gasteiger partial charge in [0.1, 0.15) is 6.04 Å². The number of benzene rings is 2. The topological polar surface area (TPSA) is 118 Å². The molecule has 0 aliphatic rings. The molecule has 2 amide bonds. The van der Waals surface area contributed by atoms with Crippen molar-refractivity contribution in [3.05, 3.63) is 77.6 Å². The lowest BCUT2D eigenvalue weighted by Gasteiger charge is -2.16. The molecule has 1 aromatic heterocycles. The molecule has 1 heterocycles. The maximum Gasteiger partial charge on any atom is 0.287 e. The fraction of sp³-hybridized carbons (Fsp3) is 0.143.